The van der Waals surface area contributed by atoms with E-state index in [4.69, 9.17) is 4.74 Å². The molecule has 0 aliphatic carbocycles. The molecule has 2 rings (SSSR count). The Kier molecular flexibility index (Phi) is 5.33. The number of carboxylic acids is 1. The van der Waals surface area contributed by atoms with Crippen LogP contribution in [0.3, 0.4) is 0 Å². The van der Waals surface area contributed by atoms with E-state index in [2.05, 4.69) is 0 Å². The van der Waals surface area contributed by atoms with E-state index in [1.54, 1.807) is 0 Å². The van der Waals surface area contributed by atoms with Crippen molar-refractivity contribution in [3.8, 4) is 11.5 Å². The third kappa shape index (κ3) is 3.17. The van der Waals surface area contributed by atoms with Crippen molar-refractivity contribution in [2.75, 3.05) is 20.2 Å². The number of aromatic hydroxyl groups is 1. The maximum atomic E-state index is 12.7. The molecule has 0 bridgehead atoms. The highest BCUT2D eigenvalue weighted by atomic mass is 16.5. The number of carbonyl (C=O) groups excluding carboxylic acids is 1. The van der Waals surface area contributed by atoms with Crippen LogP contribution in [-0.2, 0) is 4.79 Å². The van der Waals surface area contributed by atoms with Crippen LogP contribution in [0.1, 0.15) is 36.5 Å². The van der Waals surface area contributed by atoms with Crippen molar-refractivity contribution in [2.45, 2.75) is 32.3 Å². The van der Waals surface area contributed by atoms with E-state index in [1.807, 2.05) is 6.92 Å². The molecule has 1 amide bonds. The summed E-state index contributed by atoms with van der Waals surface area (Å²) in [7, 11) is 1.39. The van der Waals surface area contributed by atoms with E-state index in [-0.39, 0.29) is 36.9 Å². The van der Waals surface area contributed by atoms with Gasteiger partial charge in [-0.1, -0.05) is 13.3 Å². The van der Waals surface area contributed by atoms with E-state index in [1.165, 1.54) is 30.2 Å². The Bertz CT molecular complexity index is 632. The minimum absolute atomic E-state index is 0.0423. The predicted octanol–water partition coefficient (Wildman–Crippen LogP) is 1.48. The fourth-order valence-corrected chi connectivity index (χ4v) is 3.25. The molecule has 7 heteroatoms. The topological polar surface area (TPSA) is 107 Å². The first-order valence-electron chi connectivity index (χ1n) is 7.93. The number of hydrogen-bond acceptors (Lipinski definition) is 5. The van der Waals surface area contributed by atoms with Gasteiger partial charge in [0.25, 0.3) is 5.91 Å². The number of carbonyl (C=O) groups is 2. The number of methoxy groups -OCH3 is 1. The third-order valence-corrected chi connectivity index (χ3v) is 4.62. The van der Waals surface area contributed by atoms with Gasteiger partial charge in [-0.2, -0.15) is 0 Å². The molecule has 3 N–H and O–H groups in total. The molecule has 132 valence electrons. The predicted molar refractivity (Wildman–Crippen MR) is 86.2 cm³/mol. The molecule has 1 aromatic rings. The standard InChI is InChI=1S/C17H23NO6/c1-3-7-17(16(22)23)10-18(8-6-14(17)20)15(21)11-4-5-12(19)13(9-11)24-2/h4-5,9,14,19-20H,3,6-8,10H2,1-2H3,(H,22,23)/t14-,17+/m0/s1. The maximum absolute atomic E-state index is 12.7. The lowest BCUT2D eigenvalue weighted by atomic mass is 9.74. The molecular weight excluding hydrogens is 314 g/mol. The Balaban J connectivity index is 2.28. The van der Waals surface area contributed by atoms with Crippen LogP contribution in [0.15, 0.2) is 18.2 Å². The minimum atomic E-state index is -1.34. The van der Waals surface area contributed by atoms with Crippen molar-refractivity contribution in [1.29, 1.82) is 0 Å². The molecule has 0 unspecified atom stereocenters. The Morgan fingerprint density at radius 3 is 2.71 bits per heavy atom. The first-order valence-corrected chi connectivity index (χ1v) is 7.93. The molecular formula is C17H23NO6. The van der Waals surface area contributed by atoms with Gasteiger partial charge in [0.05, 0.1) is 13.2 Å². The highest BCUT2D eigenvalue weighted by Crippen LogP contribution is 2.36. The number of phenols is 1. The number of nitrogens with zero attached hydrogens (tertiary/aromatic N) is 1. The molecule has 1 fully saturated rings. The summed E-state index contributed by atoms with van der Waals surface area (Å²) in [5.74, 6) is -1.33. The summed E-state index contributed by atoms with van der Waals surface area (Å²) >= 11 is 0. The number of rotatable bonds is 5. The van der Waals surface area contributed by atoms with Gasteiger partial charge in [0.1, 0.15) is 5.41 Å². The van der Waals surface area contributed by atoms with Crippen molar-refractivity contribution < 1.29 is 29.6 Å². The molecule has 0 saturated carbocycles. The summed E-state index contributed by atoms with van der Waals surface area (Å²) in [5, 5.41) is 29.5. The van der Waals surface area contributed by atoms with Crippen molar-refractivity contribution in [1.82, 2.24) is 4.90 Å². The number of amides is 1. The fraction of sp³-hybridized carbons (Fsp3) is 0.529. The molecule has 0 aromatic heterocycles. The lowest BCUT2D eigenvalue weighted by molar-refractivity contribution is -0.162. The number of piperidine rings is 1. The Hall–Kier alpha value is -2.28. The Morgan fingerprint density at radius 2 is 2.12 bits per heavy atom. The average Bonchev–Trinajstić information content (AvgIpc) is 2.56. The van der Waals surface area contributed by atoms with Gasteiger partial charge >= 0.3 is 5.97 Å². The largest absolute Gasteiger partial charge is 0.504 e. The summed E-state index contributed by atoms with van der Waals surface area (Å²) < 4.78 is 5.00. The number of likely N-dealkylation sites (tertiary alicyclic amines) is 1. The number of hydrogen-bond donors (Lipinski definition) is 3. The number of aliphatic hydroxyl groups excluding tert-OH is 1. The Morgan fingerprint density at radius 1 is 1.42 bits per heavy atom. The van der Waals surface area contributed by atoms with Gasteiger partial charge in [0, 0.05) is 18.7 Å². The fourth-order valence-electron chi connectivity index (χ4n) is 3.25. The van der Waals surface area contributed by atoms with Gasteiger partial charge in [-0.25, -0.2) is 0 Å². The third-order valence-electron chi connectivity index (χ3n) is 4.62. The van der Waals surface area contributed by atoms with Crippen LogP contribution in [0.4, 0.5) is 0 Å². The van der Waals surface area contributed by atoms with E-state index in [0.29, 0.717) is 18.4 Å². The molecule has 1 aliphatic heterocycles. The van der Waals surface area contributed by atoms with Gasteiger partial charge < -0.3 is 25.0 Å². The molecule has 24 heavy (non-hydrogen) atoms. The summed E-state index contributed by atoms with van der Waals surface area (Å²) in [6.45, 7) is 2.09. The highest BCUT2D eigenvalue weighted by molar-refractivity contribution is 5.95. The van der Waals surface area contributed by atoms with Crippen molar-refractivity contribution >= 4 is 11.9 Å². The van der Waals surface area contributed by atoms with E-state index >= 15 is 0 Å². The van der Waals surface area contributed by atoms with E-state index in [9.17, 15) is 24.9 Å². The van der Waals surface area contributed by atoms with Crippen molar-refractivity contribution in [3.05, 3.63) is 23.8 Å². The average molecular weight is 337 g/mol. The Labute approximate surface area is 140 Å². The SMILES string of the molecule is CCC[C@@]1(C(=O)O)CN(C(=O)c2ccc(O)c(OC)c2)CC[C@@H]1O. The molecule has 0 spiro atoms. The van der Waals surface area contributed by atoms with Crippen LogP contribution in [0.5, 0.6) is 11.5 Å². The van der Waals surface area contributed by atoms with Gasteiger partial charge in [-0.15, -0.1) is 0 Å². The summed E-state index contributed by atoms with van der Waals surface area (Å²) in [6.07, 6.45) is 0.131. The molecule has 0 radical (unpaired) electrons. The molecule has 1 aromatic carbocycles. The van der Waals surface area contributed by atoms with Crippen LogP contribution in [0, 0.1) is 5.41 Å². The second kappa shape index (κ2) is 7.09. The van der Waals surface area contributed by atoms with Crippen LogP contribution < -0.4 is 4.74 Å². The van der Waals surface area contributed by atoms with Crippen LogP contribution in [0.2, 0.25) is 0 Å². The normalized spacial score (nSPS) is 23.8. The lowest BCUT2D eigenvalue weighted by Crippen LogP contribution is -2.57. The van der Waals surface area contributed by atoms with Crippen molar-refractivity contribution in [2.24, 2.45) is 5.41 Å². The zero-order valence-electron chi connectivity index (χ0n) is 13.9. The van der Waals surface area contributed by atoms with E-state index < -0.39 is 17.5 Å². The molecule has 1 aliphatic rings. The molecule has 1 heterocycles. The zero-order chi connectivity index (χ0) is 17.9. The number of ether oxygens (including phenoxy) is 1. The first-order chi connectivity index (χ1) is 11.4. The van der Waals surface area contributed by atoms with Gasteiger partial charge in [-0.05, 0) is 31.0 Å². The van der Waals surface area contributed by atoms with Gasteiger partial charge in [-0.3, -0.25) is 9.59 Å². The smallest absolute Gasteiger partial charge is 0.314 e. The van der Waals surface area contributed by atoms with Crippen LogP contribution >= 0.6 is 0 Å². The van der Waals surface area contributed by atoms with E-state index in [0.717, 1.165) is 0 Å². The number of benzene rings is 1. The number of aliphatic hydroxyl groups is 1. The van der Waals surface area contributed by atoms with Crippen molar-refractivity contribution in [3.63, 3.8) is 0 Å². The number of aliphatic carboxylic acids is 1. The quantitative estimate of drug-likeness (QED) is 0.751. The van der Waals surface area contributed by atoms with Gasteiger partial charge in [0.2, 0.25) is 0 Å². The lowest BCUT2D eigenvalue weighted by Gasteiger charge is -2.43. The number of carboxylic acid groups (broad SMARTS) is 1. The summed E-state index contributed by atoms with van der Waals surface area (Å²) in [6, 6.07) is 4.25. The summed E-state index contributed by atoms with van der Waals surface area (Å²) in [4.78, 5) is 25.9. The molecule has 7 nitrogen and oxygen atoms in total. The van der Waals surface area contributed by atoms with Gasteiger partial charge in [0.15, 0.2) is 11.5 Å². The van der Waals surface area contributed by atoms with Crippen LogP contribution in [-0.4, -0.2) is 58.4 Å². The first kappa shape index (κ1) is 18.1. The number of phenolic OH excluding ortho intramolecular Hbond substituents is 1. The molecule has 1 saturated heterocycles. The zero-order valence-corrected chi connectivity index (χ0v) is 13.9. The monoisotopic (exact) mass is 337 g/mol. The summed E-state index contributed by atoms with van der Waals surface area (Å²) in [5.41, 5.74) is -1.04. The molecule has 2 atom stereocenters. The second-order valence-corrected chi connectivity index (χ2v) is 6.13. The maximum Gasteiger partial charge on any atom is 0.314 e. The minimum Gasteiger partial charge on any atom is -0.504 e. The van der Waals surface area contributed by atoms with Crippen LogP contribution in [0.25, 0.3) is 0 Å². The second-order valence-electron chi connectivity index (χ2n) is 6.13. The highest BCUT2D eigenvalue weighted by Gasteiger charge is 2.49.